The summed E-state index contributed by atoms with van der Waals surface area (Å²) >= 11 is 0. The third kappa shape index (κ3) is 7.11. The van der Waals surface area contributed by atoms with Crippen molar-refractivity contribution in [1.29, 1.82) is 0 Å². The number of rotatable bonds is 10. The van der Waals surface area contributed by atoms with E-state index in [1.54, 1.807) is 30.3 Å². The van der Waals surface area contributed by atoms with Crippen molar-refractivity contribution in [1.82, 2.24) is 4.90 Å². The minimum Gasteiger partial charge on any atom is -0.494 e. The highest BCUT2D eigenvalue weighted by Crippen LogP contribution is 2.15. The summed E-state index contributed by atoms with van der Waals surface area (Å²) in [5, 5.41) is 2.82. The predicted octanol–water partition coefficient (Wildman–Crippen LogP) is 5.00. The molecule has 0 aliphatic rings. The summed E-state index contributed by atoms with van der Waals surface area (Å²) < 4.78 is 5.41. The van der Waals surface area contributed by atoms with Gasteiger partial charge >= 0.3 is 0 Å². The predicted molar refractivity (Wildman–Crippen MR) is 118 cm³/mol. The molecule has 2 amide bonds. The smallest absolute Gasteiger partial charge is 0.253 e. The molecule has 2 aromatic carbocycles. The summed E-state index contributed by atoms with van der Waals surface area (Å²) in [6, 6.07) is 14.6. The van der Waals surface area contributed by atoms with Gasteiger partial charge in [0, 0.05) is 30.4 Å². The van der Waals surface area contributed by atoms with E-state index >= 15 is 0 Å². The van der Waals surface area contributed by atoms with Gasteiger partial charge in [0.2, 0.25) is 5.91 Å². The number of hydrogen-bond acceptors (Lipinski definition) is 3. The quantitative estimate of drug-likeness (QED) is 0.577. The van der Waals surface area contributed by atoms with Crippen LogP contribution in [0.2, 0.25) is 0 Å². The van der Waals surface area contributed by atoms with Crippen LogP contribution < -0.4 is 10.1 Å². The first-order chi connectivity index (χ1) is 14.1. The molecule has 0 saturated carbocycles. The molecule has 154 valence electrons. The molecule has 29 heavy (non-hydrogen) atoms. The van der Waals surface area contributed by atoms with E-state index in [1.165, 1.54) is 6.08 Å². The Morgan fingerprint density at radius 2 is 1.69 bits per heavy atom. The van der Waals surface area contributed by atoms with E-state index in [2.05, 4.69) is 19.2 Å². The van der Waals surface area contributed by atoms with Crippen molar-refractivity contribution >= 4 is 23.6 Å². The van der Waals surface area contributed by atoms with Crippen LogP contribution in [0.3, 0.4) is 0 Å². The van der Waals surface area contributed by atoms with Crippen molar-refractivity contribution in [3.63, 3.8) is 0 Å². The van der Waals surface area contributed by atoms with Crippen LogP contribution in [-0.2, 0) is 4.79 Å². The zero-order chi connectivity index (χ0) is 21.1. The first-order valence-corrected chi connectivity index (χ1v) is 10.2. The molecule has 5 nitrogen and oxygen atoms in total. The van der Waals surface area contributed by atoms with Crippen molar-refractivity contribution in [2.24, 2.45) is 0 Å². The van der Waals surface area contributed by atoms with E-state index in [0.29, 0.717) is 17.9 Å². The summed E-state index contributed by atoms with van der Waals surface area (Å²) in [6.45, 7) is 8.13. The van der Waals surface area contributed by atoms with Gasteiger partial charge in [-0.1, -0.05) is 32.0 Å². The van der Waals surface area contributed by atoms with Crippen LogP contribution in [0.1, 0.15) is 49.5 Å². The van der Waals surface area contributed by atoms with Crippen molar-refractivity contribution in [2.75, 3.05) is 25.0 Å². The molecule has 0 aromatic heterocycles. The number of hydrogen-bond donors (Lipinski definition) is 1. The van der Waals surface area contributed by atoms with E-state index in [0.717, 1.165) is 37.2 Å². The first-order valence-electron chi connectivity index (χ1n) is 10.2. The Kier molecular flexibility index (Phi) is 8.96. The number of carbonyl (C=O) groups excluding carboxylic acids is 2. The molecule has 1 N–H and O–H groups in total. The number of nitrogens with zero attached hydrogens (tertiary/aromatic N) is 1. The van der Waals surface area contributed by atoms with Gasteiger partial charge < -0.3 is 15.0 Å². The molecule has 0 aliphatic heterocycles. The van der Waals surface area contributed by atoms with Gasteiger partial charge in [0.05, 0.1) is 6.61 Å². The minimum atomic E-state index is -0.248. The van der Waals surface area contributed by atoms with Crippen molar-refractivity contribution in [3.05, 3.63) is 65.7 Å². The third-order valence-electron chi connectivity index (χ3n) is 4.27. The molecule has 5 heteroatoms. The lowest BCUT2D eigenvalue weighted by molar-refractivity contribution is -0.111. The van der Waals surface area contributed by atoms with Gasteiger partial charge in [-0.2, -0.15) is 0 Å². The molecular formula is C24H30N2O3. The van der Waals surface area contributed by atoms with Crippen LogP contribution in [0.25, 0.3) is 6.08 Å². The maximum absolute atomic E-state index is 12.7. The van der Waals surface area contributed by atoms with Gasteiger partial charge in [-0.05, 0) is 61.7 Å². The number of nitrogens with one attached hydrogen (secondary N) is 1. The largest absolute Gasteiger partial charge is 0.494 e. The van der Waals surface area contributed by atoms with Crippen LogP contribution in [0.5, 0.6) is 5.75 Å². The van der Waals surface area contributed by atoms with Crippen molar-refractivity contribution in [3.8, 4) is 5.75 Å². The molecule has 2 aromatic rings. The van der Waals surface area contributed by atoms with Gasteiger partial charge in [0.25, 0.3) is 5.91 Å². The van der Waals surface area contributed by atoms with Gasteiger partial charge in [0.15, 0.2) is 0 Å². The van der Waals surface area contributed by atoms with Crippen LogP contribution in [0, 0.1) is 0 Å². The van der Waals surface area contributed by atoms with Gasteiger partial charge in [-0.15, -0.1) is 0 Å². The second kappa shape index (κ2) is 11.7. The zero-order valence-electron chi connectivity index (χ0n) is 17.5. The fourth-order valence-corrected chi connectivity index (χ4v) is 2.96. The third-order valence-corrected chi connectivity index (χ3v) is 4.27. The molecule has 2 rings (SSSR count). The SMILES string of the molecule is CCCN(CCC)C(=O)c1cccc(NC(=O)/C=C/c2ccc(OCC)cc2)c1. The van der Waals surface area contributed by atoms with E-state index in [-0.39, 0.29) is 11.8 Å². The number of benzene rings is 2. The summed E-state index contributed by atoms with van der Waals surface area (Å²) in [6.07, 6.45) is 5.05. The lowest BCUT2D eigenvalue weighted by Gasteiger charge is -2.21. The summed E-state index contributed by atoms with van der Waals surface area (Å²) in [5.74, 6) is 0.549. The molecule has 0 heterocycles. The molecule has 0 aliphatic carbocycles. The summed E-state index contributed by atoms with van der Waals surface area (Å²) in [7, 11) is 0. The normalized spacial score (nSPS) is 10.7. The Balaban J connectivity index is 2.01. The topological polar surface area (TPSA) is 58.6 Å². The number of anilines is 1. The van der Waals surface area contributed by atoms with Crippen LogP contribution in [0.4, 0.5) is 5.69 Å². The average Bonchev–Trinajstić information content (AvgIpc) is 2.73. The molecule has 0 spiro atoms. The number of ether oxygens (including phenoxy) is 1. The number of carbonyl (C=O) groups is 2. The van der Waals surface area contributed by atoms with Gasteiger partial charge in [0.1, 0.15) is 5.75 Å². The first kappa shape index (κ1) is 22.2. The maximum Gasteiger partial charge on any atom is 0.253 e. The molecule has 0 unspecified atom stereocenters. The fourth-order valence-electron chi connectivity index (χ4n) is 2.96. The second-order valence-corrected chi connectivity index (χ2v) is 6.70. The van der Waals surface area contributed by atoms with Crippen LogP contribution in [0.15, 0.2) is 54.6 Å². The molecule has 0 saturated heterocycles. The average molecular weight is 395 g/mol. The zero-order valence-corrected chi connectivity index (χ0v) is 17.5. The van der Waals surface area contributed by atoms with Crippen LogP contribution >= 0.6 is 0 Å². The molecule has 0 fully saturated rings. The molecule has 0 radical (unpaired) electrons. The van der Waals surface area contributed by atoms with Crippen molar-refractivity contribution in [2.45, 2.75) is 33.6 Å². The molecular weight excluding hydrogens is 364 g/mol. The Labute approximate surface area is 173 Å². The van der Waals surface area contributed by atoms with Gasteiger partial charge in [-0.3, -0.25) is 9.59 Å². The molecule has 0 bridgehead atoms. The lowest BCUT2D eigenvalue weighted by Crippen LogP contribution is -2.32. The van der Waals surface area contributed by atoms with E-state index < -0.39 is 0 Å². The summed E-state index contributed by atoms with van der Waals surface area (Å²) in [4.78, 5) is 26.8. The maximum atomic E-state index is 12.7. The highest BCUT2D eigenvalue weighted by atomic mass is 16.5. The Morgan fingerprint density at radius 3 is 2.31 bits per heavy atom. The highest BCUT2D eigenvalue weighted by molar-refractivity contribution is 6.03. The Hall–Kier alpha value is -3.08. The van der Waals surface area contributed by atoms with E-state index in [1.807, 2.05) is 36.1 Å². The standard InChI is InChI=1S/C24H30N2O3/c1-4-16-26(17-5-2)24(28)20-8-7-9-21(18-20)25-23(27)15-12-19-10-13-22(14-11-19)29-6-3/h7-15,18H,4-6,16-17H2,1-3H3,(H,25,27)/b15-12+. The molecule has 0 atom stereocenters. The Morgan fingerprint density at radius 1 is 1.00 bits per heavy atom. The lowest BCUT2D eigenvalue weighted by atomic mass is 10.1. The Bertz CT molecular complexity index is 822. The minimum absolute atomic E-state index is 0.00488. The monoisotopic (exact) mass is 394 g/mol. The van der Waals surface area contributed by atoms with Crippen molar-refractivity contribution < 1.29 is 14.3 Å². The van der Waals surface area contributed by atoms with Gasteiger partial charge in [-0.25, -0.2) is 0 Å². The van der Waals surface area contributed by atoms with E-state index in [9.17, 15) is 9.59 Å². The highest BCUT2D eigenvalue weighted by Gasteiger charge is 2.14. The fraction of sp³-hybridized carbons (Fsp3) is 0.333. The second-order valence-electron chi connectivity index (χ2n) is 6.70. The summed E-state index contributed by atoms with van der Waals surface area (Å²) in [5.41, 5.74) is 2.09. The van der Waals surface area contributed by atoms with Crippen LogP contribution in [-0.4, -0.2) is 36.4 Å². The number of amides is 2. The van der Waals surface area contributed by atoms with E-state index in [4.69, 9.17) is 4.74 Å².